The highest BCUT2D eigenvalue weighted by Gasteiger charge is 2.27. The maximum atomic E-state index is 12.7. The van der Waals surface area contributed by atoms with Crippen LogP contribution in [-0.4, -0.2) is 46.0 Å². The average molecular weight is 411 g/mol. The van der Waals surface area contributed by atoms with Gasteiger partial charge in [0.2, 0.25) is 11.8 Å². The van der Waals surface area contributed by atoms with Gasteiger partial charge >= 0.3 is 0 Å². The molecule has 1 saturated heterocycles. The second kappa shape index (κ2) is 8.76. The molecular formula is C22H23ClN4O2. The van der Waals surface area contributed by atoms with Gasteiger partial charge in [0.05, 0.1) is 16.9 Å². The third kappa shape index (κ3) is 4.66. The number of aromatic nitrogens is 2. The van der Waals surface area contributed by atoms with Crippen LogP contribution in [-0.2, 0) is 11.2 Å². The summed E-state index contributed by atoms with van der Waals surface area (Å²) in [5.74, 6) is 0.575. The van der Waals surface area contributed by atoms with Crippen LogP contribution in [0, 0.1) is 0 Å². The summed E-state index contributed by atoms with van der Waals surface area (Å²) in [6, 6.07) is 14.7. The van der Waals surface area contributed by atoms with Crippen LogP contribution in [0.15, 0.2) is 54.9 Å². The number of amides is 1. The second-order valence-electron chi connectivity index (χ2n) is 7.28. The highest BCUT2D eigenvalue weighted by molar-refractivity contribution is 6.30. The Bertz CT molecular complexity index is 982. The normalized spacial score (nSPS) is 16.0. The van der Waals surface area contributed by atoms with Gasteiger partial charge in [0.25, 0.3) is 0 Å². The number of carbonyl (C=O) groups is 1. The lowest BCUT2D eigenvalue weighted by Crippen LogP contribution is -2.49. The molecule has 1 amide bonds. The number of carbonyl (C=O) groups excluding carboxylic acids is 1. The third-order valence-electron chi connectivity index (χ3n) is 5.22. The number of ether oxygens (including phenoxy) is 1. The minimum absolute atomic E-state index is 0.0184. The van der Waals surface area contributed by atoms with Crippen molar-refractivity contribution in [3.8, 4) is 5.88 Å². The molecule has 150 valence electrons. The highest BCUT2D eigenvalue weighted by atomic mass is 35.5. The molecule has 1 aliphatic rings. The molecular weight excluding hydrogens is 388 g/mol. The number of rotatable bonds is 5. The van der Waals surface area contributed by atoms with Crippen LogP contribution in [0.25, 0.3) is 10.9 Å². The largest absolute Gasteiger partial charge is 0.474 e. The van der Waals surface area contributed by atoms with E-state index in [1.165, 1.54) is 6.33 Å². The fraction of sp³-hybridized carbons (Fsp3) is 0.318. The molecule has 0 unspecified atom stereocenters. The van der Waals surface area contributed by atoms with Gasteiger partial charge in [-0.3, -0.25) is 4.79 Å². The Kier molecular flexibility index (Phi) is 5.92. The Morgan fingerprint density at radius 1 is 1.14 bits per heavy atom. The Balaban J connectivity index is 1.32. The Hall–Kier alpha value is -2.70. The van der Waals surface area contributed by atoms with Crippen molar-refractivity contribution in [3.63, 3.8) is 0 Å². The summed E-state index contributed by atoms with van der Waals surface area (Å²) in [6.45, 7) is 1.25. The zero-order valence-corrected chi connectivity index (χ0v) is 16.8. The smallest absolute Gasteiger partial charge is 0.239 e. The first-order chi connectivity index (χ1) is 14.1. The molecule has 0 bridgehead atoms. The fourth-order valence-corrected chi connectivity index (χ4v) is 3.75. The maximum absolute atomic E-state index is 12.7. The number of hydrogen-bond donors (Lipinski definition) is 1. The van der Waals surface area contributed by atoms with Crippen molar-refractivity contribution >= 4 is 28.4 Å². The lowest BCUT2D eigenvalue weighted by Gasteiger charge is -2.33. The fourth-order valence-electron chi connectivity index (χ4n) is 3.62. The van der Waals surface area contributed by atoms with Gasteiger partial charge in [-0.25, -0.2) is 9.97 Å². The summed E-state index contributed by atoms with van der Waals surface area (Å²) in [7, 11) is 0. The molecule has 0 aliphatic carbocycles. The Morgan fingerprint density at radius 3 is 2.62 bits per heavy atom. The molecule has 2 N–H and O–H groups in total. The van der Waals surface area contributed by atoms with Gasteiger partial charge in [-0.15, -0.1) is 0 Å². The summed E-state index contributed by atoms with van der Waals surface area (Å²) in [5.41, 5.74) is 8.03. The molecule has 3 aromatic rings. The molecule has 2 aromatic carbocycles. The van der Waals surface area contributed by atoms with Gasteiger partial charge in [-0.2, -0.15) is 0 Å². The molecule has 29 heavy (non-hydrogen) atoms. The van der Waals surface area contributed by atoms with E-state index in [4.69, 9.17) is 22.1 Å². The number of halogens is 1. The van der Waals surface area contributed by atoms with Crippen molar-refractivity contribution in [2.75, 3.05) is 13.1 Å². The van der Waals surface area contributed by atoms with E-state index in [9.17, 15) is 4.79 Å². The van der Waals surface area contributed by atoms with E-state index in [2.05, 4.69) is 9.97 Å². The lowest BCUT2D eigenvalue weighted by atomic mass is 10.0. The molecule has 0 saturated carbocycles. The molecule has 6 nitrogen and oxygen atoms in total. The molecule has 0 radical (unpaired) electrons. The Labute approximate surface area is 174 Å². The van der Waals surface area contributed by atoms with E-state index < -0.39 is 6.04 Å². The number of hydrogen-bond acceptors (Lipinski definition) is 5. The summed E-state index contributed by atoms with van der Waals surface area (Å²) in [5, 5.41) is 1.57. The highest BCUT2D eigenvalue weighted by Crippen LogP contribution is 2.24. The van der Waals surface area contributed by atoms with Crippen LogP contribution >= 0.6 is 11.6 Å². The minimum Gasteiger partial charge on any atom is -0.474 e. The quantitative estimate of drug-likeness (QED) is 0.698. The number of fused-ring (bicyclic) bond motifs is 1. The topological polar surface area (TPSA) is 81.3 Å². The SMILES string of the molecule is N[C@H](Cc1ccc(Cl)cc1)C(=O)N1CCC(Oc2ncnc3ccccc23)CC1. The monoisotopic (exact) mass is 410 g/mol. The van der Waals surface area contributed by atoms with E-state index in [1.54, 1.807) is 0 Å². The Morgan fingerprint density at radius 2 is 1.86 bits per heavy atom. The molecule has 1 aromatic heterocycles. The molecule has 7 heteroatoms. The standard InChI is InChI=1S/C22H23ClN4O2/c23-16-7-5-15(6-8-16)13-19(24)22(28)27-11-9-17(10-12-27)29-21-18-3-1-2-4-20(18)25-14-26-21/h1-8,14,17,19H,9-13,24H2/t19-/m1/s1. The number of benzene rings is 2. The second-order valence-corrected chi connectivity index (χ2v) is 7.71. The molecule has 0 spiro atoms. The van der Waals surface area contributed by atoms with E-state index in [-0.39, 0.29) is 12.0 Å². The van der Waals surface area contributed by atoms with Crippen molar-refractivity contribution < 1.29 is 9.53 Å². The number of piperidine rings is 1. The van der Waals surface area contributed by atoms with Crippen molar-refractivity contribution in [2.24, 2.45) is 5.73 Å². The number of para-hydroxylation sites is 1. The van der Waals surface area contributed by atoms with E-state index in [0.29, 0.717) is 30.4 Å². The van der Waals surface area contributed by atoms with Crippen LogP contribution in [0.5, 0.6) is 5.88 Å². The van der Waals surface area contributed by atoms with Crippen LogP contribution < -0.4 is 10.5 Å². The van der Waals surface area contributed by atoms with Crippen molar-refractivity contribution in [1.29, 1.82) is 0 Å². The van der Waals surface area contributed by atoms with Crippen molar-refractivity contribution in [2.45, 2.75) is 31.4 Å². The van der Waals surface area contributed by atoms with Gasteiger partial charge in [0.1, 0.15) is 12.4 Å². The molecule has 4 rings (SSSR count). The third-order valence-corrected chi connectivity index (χ3v) is 5.48. The van der Waals surface area contributed by atoms with Gasteiger partial charge in [-0.1, -0.05) is 35.9 Å². The number of nitrogens with two attached hydrogens (primary N) is 1. The van der Waals surface area contributed by atoms with Crippen LogP contribution in [0.3, 0.4) is 0 Å². The molecule has 2 heterocycles. The minimum atomic E-state index is -0.556. The molecule has 1 aliphatic heterocycles. The zero-order chi connectivity index (χ0) is 20.2. The van der Waals surface area contributed by atoms with Crippen LogP contribution in [0.1, 0.15) is 18.4 Å². The van der Waals surface area contributed by atoms with Crippen LogP contribution in [0.4, 0.5) is 0 Å². The van der Waals surface area contributed by atoms with Gasteiger partial charge in [0, 0.05) is 31.0 Å². The summed E-state index contributed by atoms with van der Waals surface area (Å²) in [4.78, 5) is 23.1. The zero-order valence-electron chi connectivity index (χ0n) is 16.0. The first kappa shape index (κ1) is 19.6. The van der Waals surface area contributed by atoms with Crippen LogP contribution in [0.2, 0.25) is 5.02 Å². The predicted molar refractivity (Wildman–Crippen MR) is 113 cm³/mol. The van der Waals surface area contributed by atoms with Gasteiger partial charge < -0.3 is 15.4 Å². The van der Waals surface area contributed by atoms with Crippen molar-refractivity contribution in [1.82, 2.24) is 14.9 Å². The predicted octanol–water partition coefficient (Wildman–Crippen LogP) is 3.22. The summed E-state index contributed by atoms with van der Waals surface area (Å²) >= 11 is 5.91. The number of likely N-dealkylation sites (tertiary alicyclic amines) is 1. The van der Waals surface area contributed by atoms with E-state index >= 15 is 0 Å². The first-order valence-electron chi connectivity index (χ1n) is 9.75. The summed E-state index contributed by atoms with van der Waals surface area (Å²) in [6.07, 6.45) is 3.53. The molecule has 1 atom stereocenters. The average Bonchev–Trinajstić information content (AvgIpc) is 2.75. The van der Waals surface area contributed by atoms with Crippen molar-refractivity contribution in [3.05, 3.63) is 65.4 Å². The number of nitrogens with zero attached hydrogens (tertiary/aromatic N) is 3. The lowest BCUT2D eigenvalue weighted by molar-refractivity contribution is -0.134. The van der Waals surface area contributed by atoms with E-state index in [1.807, 2.05) is 53.4 Å². The van der Waals surface area contributed by atoms with Gasteiger partial charge in [-0.05, 0) is 36.2 Å². The van der Waals surface area contributed by atoms with Gasteiger partial charge in [0.15, 0.2) is 0 Å². The first-order valence-corrected chi connectivity index (χ1v) is 10.1. The van der Waals surface area contributed by atoms with E-state index in [0.717, 1.165) is 29.3 Å². The molecule has 1 fully saturated rings. The maximum Gasteiger partial charge on any atom is 0.239 e. The summed E-state index contributed by atoms with van der Waals surface area (Å²) < 4.78 is 6.13.